The summed E-state index contributed by atoms with van der Waals surface area (Å²) in [6, 6.07) is 1.34. The fourth-order valence-corrected chi connectivity index (χ4v) is 1.39. The van der Waals surface area contributed by atoms with Gasteiger partial charge in [-0.15, -0.1) is 0 Å². The van der Waals surface area contributed by atoms with Crippen LogP contribution in [0.25, 0.3) is 0 Å². The third-order valence-corrected chi connectivity index (χ3v) is 1.82. The van der Waals surface area contributed by atoms with Crippen LogP contribution in [-0.2, 0) is 0 Å². The first-order chi connectivity index (χ1) is 5.06. The molecule has 1 atom stereocenters. The lowest BCUT2D eigenvalue weighted by Gasteiger charge is -2.21. The van der Waals surface area contributed by atoms with Crippen molar-refractivity contribution in [1.82, 2.24) is 5.32 Å². The first-order valence-electron chi connectivity index (χ1n) is 4.82. The molecule has 0 aliphatic carbocycles. The van der Waals surface area contributed by atoms with Crippen LogP contribution < -0.4 is 5.32 Å². The molecule has 0 saturated heterocycles. The van der Waals surface area contributed by atoms with Gasteiger partial charge in [0.15, 0.2) is 0 Å². The van der Waals surface area contributed by atoms with Gasteiger partial charge < -0.3 is 5.32 Å². The summed E-state index contributed by atoms with van der Waals surface area (Å²) >= 11 is 0. The molecule has 0 aliphatic heterocycles. The van der Waals surface area contributed by atoms with E-state index in [2.05, 4.69) is 39.9 Å². The summed E-state index contributed by atoms with van der Waals surface area (Å²) in [5.74, 6) is 0.811. The maximum atomic E-state index is 3.56. The van der Waals surface area contributed by atoms with Crippen molar-refractivity contribution in [2.75, 3.05) is 0 Å². The monoisotopic (exact) mass is 157 g/mol. The van der Waals surface area contributed by atoms with Crippen molar-refractivity contribution in [1.29, 1.82) is 0 Å². The molecule has 1 N–H and O–H groups in total. The summed E-state index contributed by atoms with van der Waals surface area (Å²) in [4.78, 5) is 0. The van der Waals surface area contributed by atoms with Gasteiger partial charge in [-0.05, 0) is 18.8 Å². The highest BCUT2D eigenvalue weighted by Crippen LogP contribution is 2.07. The van der Waals surface area contributed by atoms with Gasteiger partial charge in [-0.3, -0.25) is 0 Å². The van der Waals surface area contributed by atoms with E-state index in [9.17, 15) is 0 Å². The van der Waals surface area contributed by atoms with Crippen molar-refractivity contribution in [2.45, 2.75) is 59.5 Å². The maximum absolute atomic E-state index is 3.56. The summed E-state index contributed by atoms with van der Waals surface area (Å²) in [6.45, 7) is 11.2. The number of nitrogens with one attached hydrogen (secondary N) is 1. The third kappa shape index (κ3) is 6.36. The molecule has 0 aromatic rings. The zero-order chi connectivity index (χ0) is 8.85. The highest BCUT2D eigenvalue weighted by molar-refractivity contribution is 4.68. The van der Waals surface area contributed by atoms with Gasteiger partial charge in [0.05, 0.1) is 0 Å². The Kier molecular flexibility index (Phi) is 5.57. The maximum Gasteiger partial charge on any atom is 0.00692 e. The Bertz CT molecular complexity index is 76.9. The lowest BCUT2D eigenvalue weighted by molar-refractivity contribution is 0.382. The molecule has 11 heavy (non-hydrogen) atoms. The normalized spacial score (nSPS) is 14.5. The lowest BCUT2D eigenvalue weighted by Crippen LogP contribution is -2.35. The molecule has 0 unspecified atom stereocenters. The Morgan fingerprint density at radius 3 is 1.91 bits per heavy atom. The quantitative estimate of drug-likeness (QED) is 0.647. The second kappa shape index (κ2) is 5.59. The van der Waals surface area contributed by atoms with Crippen molar-refractivity contribution in [3.63, 3.8) is 0 Å². The van der Waals surface area contributed by atoms with Gasteiger partial charge in [-0.2, -0.15) is 0 Å². The molecule has 0 fully saturated rings. The molecule has 0 saturated carbocycles. The highest BCUT2D eigenvalue weighted by atomic mass is 14.9. The minimum Gasteiger partial charge on any atom is -0.312 e. The average Bonchev–Trinajstić information content (AvgIpc) is 1.84. The van der Waals surface area contributed by atoms with Gasteiger partial charge in [0.2, 0.25) is 0 Å². The van der Waals surface area contributed by atoms with Gasteiger partial charge in [0.25, 0.3) is 0 Å². The summed E-state index contributed by atoms with van der Waals surface area (Å²) in [5, 5.41) is 3.56. The summed E-state index contributed by atoms with van der Waals surface area (Å²) in [5.41, 5.74) is 0. The van der Waals surface area contributed by atoms with Crippen LogP contribution in [0.2, 0.25) is 0 Å². The van der Waals surface area contributed by atoms with Crippen LogP contribution in [-0.4, -0.2) is 12.1 Å². The van der Waals surface area contributed by atoms with E-state index in [0.29, 0.717) is 6.04 Å². The van der Waals surface area contributed by atoms with Gasteiger partial charge >= 0.3 is 0 Å². The lowest BCUT2D eigenvalue weighted by atomic mass is 10.0. The zero-order valence-corrected chi connectivity index (χ0v) is 8.65. The molecule has 0 heterocycles. The summed E-state index contributed by atoms with van der Waals surface area (Å²) < 4.78 is 0. The van der Waals surface area contributed by atoms with E-state index in [1.165, 1.54) is 12.8 Å². The number of hydrogen-bond donors (Lipinski definition) is 1. The Morgan fingerprint density at radius 2 is 1.64 bits per heavy atom. The van der Waals surface area contributed by atoms with E-state index in [0.717, 1.165) is 12.0 Å². The fraction of sp³-hybridized carbons (Fsp3) is 1.00. The zero-order valence-electron chi connectivity index (χ0n) is 8.65. The molecule has 1 nitrogen and oxygen atoms in total. The van der Waals surface area contributed by atoms with Crippen LogP contribution >= 0.6 is 0 Å². The molecule has 0 aliphatic rings. The Hall–Kier alpha value is -0.0400. The molecule has 1 heteroatoms. The molecule has 0 rings (SSSR count). The molecule has 0 spiro atoms. The van der Waals surface area contributed by atoms with Gasteiger partial charge in [0.1, 0.15) is 0 Å². The highest BCUT2D eigenvalue weighted by Gasteiger charge is 2.08. The van der Waals surface area contributed by atoms with E-state index in [1.54, 1.807) is 0 Å². The van der Waals surface area contributed by atoms with E-state index >= 15 is 0 Å². The van der Waals surface area contributed by atoms with Crippen LogP contribution in [0.4, 0.5) is 0 Å². The average molecular weight is 157 g/mol. The van der Waals surface area contributed by atoms with Crippen molar-refractivity contribution < 1.29 is 0 Å². The van der Waals surface area contributed by atoms with Gasteiger partial charge in [0, 0.05) is 12.1 Å². The Labute approximate surface area is 71.6 Å². The molecule has 0 amide bonds. The van der Waals surface area contributed by atoms with E-state index < -0.39 is 0 Å². The smallest absolute Gasteiger partial charge is 0.00692 e. The summed E-state index contributed by atoms with van der Waals surface area (Å²) in [7, 11) is 0. The van der Waals surface area contributed by atoms with E-state index in [1.807, 2.05) is 0 Å². The Balaban J connectivity index is 3.58. The first-order valence-corrected chi connectivity index (χ1v) is 4.82. The Morgan fingerprint density at radius 1 is 1.09 bits per heavy atom. The largest absolute Gasteiger partial charge is 0.312 e. The molecule has 0 bridgehead atoms. The number of hydrogen-bond acceptors (Lipinski definition) is 1. The minimum absolute atomic E-state index is 0.624. The minimum atomic E-state index is 0.624. The van der Waals surface area contributed by atoms with Gasteiger partial charge in [-0.1, -0.05) is 34.6 Å². The second-order valence-electron chi connectivity index (χ2n) is 4.06. The van der Waals surface area contributed by atoms with E-state index in [4.69, 9.17) is 0 Å². The second-order valence-corrected chi connectivity index (χ2v) is 4.06. The molecule has 0 aromatic carbocycles. The van der Waals surface area contributed by atoms with Crippen molar-refractivity contribution in [3.8, 4) is 0 Å². The van der Waals surface area contributed by atoms with Crippen LogP contribution in [0.1, 0.15) is 47.5 Å². The molecule has 0 radical (unpaired) electrons. The van der Waals surface area contributed by atoms with Crippen molar-refractivity contribution in [3.05, 3.63) is 0 Å². The van der Waals surface area contributed by atoms with Crippen molar-refractivity contribution >= 4 is 0 Å². The predicted octanol–water partition coefficient (Wildman–Crippen LogP) is 2.81. The molecular formula is C10H23N. The van der Waals surface area contributed by atoms with Crippen LogP contribution in [0.3, 0.4) is 0 Å². The third-order valence-electron chi connectivity index (χ3n) is 1.82. The van der Waals surface area contributed by atoms with Crippen LogP contribution in [0, 0.1) is 5.92 Å². The van der Waals surface area contributed by atoms with E-state index in [-0.39, 0.29) is 0 Å². The van der Waals surface area contributed by atoms with Crippen molar-refractivity contribution in [2.24, 2.45) is 5.92 Å². The molecule has 0 aromatic heterocycles. The van der Waals surface area contributed by atoms with Crippen LogP contribution in [0.15, 0.2) is 0 Å². The number of rotatable bonds is 5. The standard InChI is InChI=1S/C10H23N/c1-6-10(7-8(2)3)11-9(4)5/h8-11H,6-7H2,1-5H3/t10-/m1/s1. The molecule has 68 valence electrons. The SMILES string of the molecule is CC[C@H](CC(C)C)NC(C)C. The first kappa shape index (κ1) is 11.0. The van der Waals surface area contributed by atoms with Gasteiger partial charge in [-0.25, -0.2) is 0 Å². The van der Waals surface area contributed by atoms with Crippen LogP contribution in [0.5, 0.6) is 0 Å². The predicted molar refractivity (Wildman–Crippen MR) is 51.8 cm³/mol. The molecular weight excluding hydrogens is 134 g/mol. The fourth-order valence-electron chi connectivity index (χ4n) is 1.39. The summed E-state index contributed by atoms with van der Waals surface area (Å²) in [6.07, 6.45) is 2.55. The topological polar surface area (TPSA) is 12.0 Å².